The molecule has 0 bridgehead atoms. The van der Waals surface area contributed by atoms with E-state index in [1.54, 1.807) is 23.2 Å². The number of hydrogen-bond donors (Lipinski definition) is 1. The van der Waals surface area contributed by atoms with E-state index in [2.05, 4.69) is 9.71 Å². The van der Waals surface area contributed by atoms with Gasteiger partial charge in [-0.05, 0) is 84.7 Å². The monoisotopic (exact) mass is 576 g/mol. The van der Waals surface area contributed by atoms with Gasteiger partial charge in [0.05, 0.1) is 6.54 Å². The van der Waals surface area contributed by atoms with Gasteiger partial charge in [0.1, 0.15) is 22.4 Å². The lowest BCUT2D eigenvalue weighted by molar-refractivity contribution is -0.120. The summed E-state index contributed by atoms with van der Waals surface area (Å²) < 4.78 is 58.7. The largest absolute Gasteiger partial charge is 0.337 e. The topological polar surface area (TPSA) is 84.3 Å². The van der Waals surface area contributed by atoms with E-state index < -0.39 is 26.8 Å². The number of anilines is 1. The van der Waals surface area contributed by atoms with Crippen LogP contribution in [0.4, 0.5) is 14.5 Å². The Morgan fingerprint density at radius 1 is 1.10 bits per heavy atom. The van der Waals surface area contributed by atoms with E-state index in [4.69, 9.17) is 0 Å². The highest BCUT2D eigenvalue weighted by atomic mass is 32.2. The van der Waals surface area contributed by atoms with Crippen LogP contribution in [0.25, 0.3) is 0 Å². The lowest BCUT2D eigenvalue weighted by atomic mass is 9.87. The predicted molar refractivity (Wildman–Crippen MR) is 150 cm³/mol. The molecule has 3 aromatic carbocycles. The summed E-state index contributed by atoms with van der Waals surface area (Å²) in [5, 5.41) is 0. The van der Waals surface area contributed by atoms with Gasteiger partial charge in [-0.1, -0.05) is 30.3 Å². The molecule has 41 heavy (non-hydrogen) atoms. The van der Waals surface area contributed by atoms with E-state index in [1.165, 1.54) is 30.3 Å². The first kappa shape index (κ1) is 27.3. The van der Waals surface area contributed by atoms with Gasteiger partial charge in [0.2, 0.25) is 15.9 Å². The lowest BCUT2D eigenvalue weighted by Gasteiger charge is -2.29. The van der Waals surface area contributed by atoms with Crippen LogP contribution in [0, 0.1) is 17.6 Å². The van der Waals surface area contributed by atoms with Crippen molar-refractivity contribution in [3.63, 3.8) is 0 Å². The van der Waals surface area contributed by atoms with Gasteiger partial charge in [-0.25, -0.2) is 26.9 Å². The number of benzene rings is 3. The Morgan fingerprint density at radius 2 is 1.88 bits per heavy atom. The molecular formula is C31H30F2N4O3S. The van der Waals surface area contributed by atoms with Crippen LogP contribution in [-0.4, -0.2) is 23.9 Å². The summed E-state index contributed by atoms with van der Waals surface area (Å²) in [6.45, 7) is 0.235. The molecule has 10 heteroatoms. The second-order valence-electron chi connectivity index (χ2n) is 10.8. The Morgan fingerprint density at radius 3 is 2.61 bits per heavy atom. The first-order valence-electron chi connectivity index (χ1n) is 13.6. The minimum Gasteiger partial charge on any atom is -0.337 e. The molecule has 3 atom stereocenters. The predicted octanol–water partition coefficient (Wildman–Crippen LogP) is 5.39. The van der Waals surface area contributed by atoms with Crippen LogP contribution in [-0.2, 0) is 34.8 Å². The first-order valence-corrected chi connectivity index (χ1v) is 15.1. The van der Waals surface area contributed by atoms with Crippen LogP contribution >= 0.6 is 0 Å². The molecule has 1 amide bonds. The van der Waals surface area contributed by atoms with Gasteiger partial charge >= 0.3 is 0 Å². The molecule has 4 aromatic rings. The highest BCUT2D eigenvalue weighted by Crippen LogP contribution is 2.49. The van der Waals surface area contributed by atoms with Gasteiger partial charge in [0.25, 0.3) is 0 Å². The number of nitrogens with one attached hydrogen (secondary N) is 1. The van der Waals surface area contributed by atoms with Gasteiger partial charge in [-0.2, -0.15) is 0 Å². The fourth-order valence-corrected chi connectivity index (χ4v) is 7.05. The Balaban J connectivity index is 1.32. The summed E-state index contributed by atoms with van der Waals surface area (Å²) in [5.74, 6) is -0.745. The smallest absolute Gasteiger partial charge is 0.244 e. The number of carbonyl (C=O) groups is 1. The van der Waals surface area contributed by atoms with Crippen LogP contribution in [0.3, 0.4) is 0 Å². The molecule has 1 N–H and O–H groups in total. The zero-order chi connectivity index (χ0) is 28.7. The number of nitrogens with zero attached hydrogens (tertiary/aromatic N) is 3. The number of rotatable bonds is 8. The van der Waals surface area contributed by atoms with Crippen molar-refractivity contribution in [3.05, 3.63) is 113 Å². The van der Waals surface area contributed by atoms with Crippen LogP contribution in [0.15, 0.2) is 84.0 Å². The van der Waals surface area contributed by atoms with Crippen LogP contribution < -0.4 is 9.62 Å². The molecule has 0 saturated heterocycles. The van der Waals surface area contributed by atoms with Crippen molar-refractivity contribution < 1.29 is 22.0 Å². The van der Waals surface area contributed by atoms with E-state index in [0.717, 1.165) is 35.6 Å². The summed E-state index contributed by atoms with van der Waals surface area (Å²) in [4.78, 5) is 19.7. The van der Waals surface area contributed by atoms with Gasteiger partial charge in [0.15, 0.2) is 0 Å². The van der Waals surface area contributed by atoms with Crippen molar-refractivity contribution in [2.24, 2.45) is 13.0 Å². The van der Waals surface area contributed by atoms with Gasteiger partial charge < -0.3 is 9.47 Å². The standard InChI is InChI=1S/C31H30F2N4O3S/c1-36-16-15-34-30(36)19-37(31(38)26-18-24(26)21-9-12-22(32)13-10-21)23-14-11-20-5-4-7-28(25(20)17-23)35-41(39,40)29-8-3-2-6-27(29)33/h2-3,6,8-17,24,26,28,35H,4-5,7,18-19H2,1H3. The molecule has 0 radical (unpaired) electrons. The zero-order valence-electron chi connectivity index (χ0n) is 22.5. The van der Waals surface area contributed by atoms with Gasteiger partial charge in [0, 0.05) is 37.1 Å². The van der Waals surface area contributed by atoms with Crippen molar-refractivity contribution in [3.8, 4) is 0 Å². The molecule has 0 spiro atoms. The molecule has 0 aliphatic heterocycles. The Bertz CT molecular complexity index is 1700. The average Bonchev–Trinajstić information content (AvgIpc) is 3.66. The maximum Gasteiger partial charge on any atom is 0.244 e. The number of amides is 1. The lowest BCUT2D eigenvalue weighted by Crippen LogP contribution is -2.34. The molecule has 7 nitrogen and oxygen atoms in total. The third-order valence-electron chi connectivity index (χ3n) is 8.07. The SMILES string of the molecule is Cn1ccnc1CN(C(=O)C1CC1c1ccc(F)cc1)c1ccc2c(c1)C(NS(=O)(=O)c1ccccc1F)CCC2. The molecule has 3 unspecified atom stereocenters. The minimum absolute atomic E-state index is 0.00456. The van der Waals surface area contributed by atoms with Gasteiger partial charge in [-0.3, -0.25) is 4.79 Å². The summed E-state index contributed by atoms with van der Waals surface area (Å²) >= 11 is 0. The van der Waals surface area contributed by atoms with E-state index in [0.29, 0.717) is 24.4 Å². The highest BCUT2D eigenvalue weighted by Gasteiger charge is 2.46. The highest BCUT2D eigenvalue weighted by molar-refractivity contribution is 7.89. The van der Waals surface area contributed by atoms with Crippen molar-refractivity contribution in [1.29, 1.82) is 0 Å². The molecular weight excluding hydrogens is 546 g/mol. The number of aryl methyl sites for hydroxylation is 2. The molecule has 2 aliphatic rings. The van der Waals surface area contributed by atoms with Crippen LogP contribution in [0.5, 0.6) is 0 Å². The number of fused-ring (bicyclic) bond motifs is 1. The summed E-state index contributed by atoms with van der Waals surface area (Å²) in [6.07, 6.45) is 6.25. The second-order valence-corrected chi connectivity index (χ2v) is 12.4. The van der Waals surface area contributed by atoms with E-state index in [-0.39, 0.29) is 30.1 Å². The number of imidazole rings is 1. The summed E-state index contributed by atoms with van der Waals surface area (Å²) in [6, 6.07) is 16.7. The molecule has 1 aromatic heterocycles. The maximum absolute atomic E-state index is 14.4. The molecule has 1 heterocycles. The fourth-order valence-electron chi connectivity index (χ4n) is 5.72. The Kier molecular flexibility index (Phi) is 7.21. The van der Waals surface area contributed by atoms with Crippen LogP contribution in [0.1, 0.15) is 53.7 Å². The number of hydrogen-bond acceptors (Lipinski definition) is 4. The molecule has 1 saturated carbocycles. The molecule has 2 aliphatic carbocycles. The zero-order valence-corrected chi connectivity index (χ0v) is 23.3. The number of sulfonamides is 1. The van der Waals surface area contributed by atoms with Crippen molar-refractivity contribution >= 4 is 21.6 Å². The minimum atomic E-state index is -4.12. The maximum atomic E-state index is 14.4. The van der Waals surface area contributed by atoms with E-state index in [9.17, 15) is 22.0 Å². The fraction of sp³-hybridized carbons (Fsp3) is 0.290. The third kappa shape index (κ3) is 5.54. The van der Waals surface area contributed by atoms with E-state index >= 15 is 0 Å². The third-order valence-corrected chi connectivity index (χ3v) is 9.58. The van der Waals surface area contributed by atoms with Crippen molar-refractivity contribution in [2.75, 3.05) is 4.90 Å². The number of carbonyl (C=O) groups excluding carboxylic acids is 1. The summed E-state index contributed by atoms with van der Waals surface area (Å²) in [7, 11) is -2.25. The Hall–Kier alpha value is -3.89. The molecule has 6 rings (SSSR count). The Labute approximate surface area is 237 Å². The summed E-state index contributed by atoms with van der Waals surface area (Å²) in [5.41, 5.74) is 3.33. The number of halogens is 2. The van der Waals surface area contributed by atoms with Crippen molar-refractivity contribution in [2.45, 2.75) is 49.1 Å². The molecule has 212 valence electrons. The quantitative estimate of drug-likeness (QED) is 0.305. The normalized spacial score (nSPS) is 19.9. The van der Waals surface area contributed by atoms with Crippen LogP contribution in [0.2, 0.25) is 0 Å². The van der Waals surface area contributed by atoms with E-state index in [1.807, 2.05) is 36.0 Å². The molecule has 1 fully saturated rings. The second kappa shape index (κ2) is 10.8. The average molecular weight is 577 g/mol. The first-order chi connectivity index (χ1) is 19.7. The van der Waals surface area contributed by atoms with Crippen molar-refractivity contribution in [1.82, 2.24) is 14.3 Å². The van der Waals surface area contributed by atoms with Gasteiger partial charge in [-0.15, -0.1) is 0 Å². The number of aromatic nitrogens is 2.